The minimum Gasteiger partial charge on any atom is -0.265 e. The number of hydrogen-bond donors (Lipinski definition) is 0. The van der Waals surface area contributed by atoms with Gasteiger partial charge in [-0.2, -0.15) is 0 Å². The van der Waals surface area contributed by atoms with Crippen molar-refractivity contribution in [1.82, 2.24) is 4.98 Å². The van der Waals surface area contributed by atoms with E-state index >= 15 is 0 Å². The summed E-state index contributed by atoms with van der Waals surface area (Å²) in [4.78, 5) is 3.99. The van der Waals surface area contributed by atoms with E-state index in [-0.39, 0.29) is 0 Å². The van der Waals surface area contributed by atoms with E-state index in [1.54, 1.807) is 0 Å². The van der Waals surface area contributed by atoms with Gasteiger partial charge in [-0.05, 0) is 41.8 Å². The first-order valence-corrected chi connectivity index (χ1v) is 4.25. The highest BCUT2D eigenvalue weighted by atomic mass is 14.6. The average Bonchev–Trinajstić information content (AvgIpc) is 2.20. The maximum absolute atomic E-state index is 3.99. The number of aryl methyl sites for hydroxylation is 1. The summed E-state index contributed by atoms with van der Waals surface area (Å²) in [5, 5.41) is 0. The van der Waals surface area contributed by atoms with Crippen molar-refractivity contribution in [3.63, 3.8) is 0 Å². The summed E-state index contributed by atoms with van der Waals surface area (Å²) in [6, 6.07) is 13.2. The summed E-state index contributed by atoms with van der Waals surface area (Å²) in [7, 11) is 0. The van der Waals surface area contributed by atoms with Crippen LogP contribution in [0.25, 0.3) is 11.1 Å². The molecule has 63 valence electrons. The van der Waals surface area contributed by atoms with Gasteiger partial charge in [0.05, 0.1) is 0 Å². The van der Waals surface area contributed by atoms with Gasteiger partial charge in [0.25, 0.3) is 0 Å². The molecule has 0 aliphatic carbocycles. The Kier molecular flexibility index (Phi) is 2.09. The van der Waals surface area contributed by atoms with Gasteiger partial charge >= 0.3 is 0 Å². The van der Waals surface area contributed by atoms with Crippen molar-refractivity contribution >= 4 is 0 Å². The van der Waals surface area contributed by atoms with E-state index in [1.165, 1.54) is 16.7 Å². The molecule has 1 heteroatoms. The number of pyridine rings is 1. The van der Waals surface area contributed by atoms with Crippen LogP contribution in [0.1, 0.15) is 5.56 Å². The molecule has 0 aliphatic heterocycles. The molecule has 0 fully saturated rings. The molecular weight excluding hydrogens is 158 g/mol. The fourth-order valence-corrected chi connectivity index (χ4v) is 1.36. The summed E-state index contributed by atoms with van der Waals surface area (Å²) in [5.74, 6) is 0. The molecule has 1 nitrogen and oxygen atoms in total. The topological polar surface area (TPSA) is 12.9 Å². The molecule has 0 aliphatic rings. The SMILES string of the molecule is Cc1[c]cccc1-c1ccncc1. The van der Waals surface area contributed by atoms with Crippen LogP contribution in [0.2, 0.25) is 0 Å². The molecule has 13 heavy (non-hydrogen) atoms. The maximum atomic E-state index is 3.99. The molecule has 1 heterocycles. The van der Waals surface area contributed by atoms with Crippen molar-refractivity contribution < 1.29 is 0 Å². The molecule has 0 atom stereocenters. The molecule has 1 aromatic heterocycles. The van der Waals surface area contributed by atoms with Gasteiger partial charge in [-0.1, -0.05) is 18.2 Å². The van der Waals surface area contributed by atoms with Gasteiger partial charge in [-0.25, -0.2) is 0 Å². The zero-order chi connectivity index (χ0) is 9.10. The van der Waals surface area contributed by atoms with E-state index in [4.69, 9.17) is 0 Å². The standard InChI is InChI=1S/C12H10N/c1-10-4-2-3-5-12(10)11-6-8-13-9-7-11/h2-3,5-9H,1H3. The fourth-order valence-electron chi connectivity index (χ4n) is 1.36. The van der Waals surface area contributed by atoms with Crippen LogP contribution in [0.3, 0.4) is 0 Å². The van der Waals surface area contributed by atoms with Crippen molar-refractivity contribution in [2.24, 2.45) is 0 Å². The first-order chi connectivity index (χ1) is 6.38. The monoisotopic (exact) mass is 168 g/mol. The Bertz CT molecular complexity index is 393. The third-order valence-electron chi connectivity index (χ3n) is 2.05. The third-order valence-corrected chi connectivity index (χ3v) is 2.05. The maximum Gasteiger partial charge on any atom is 0.0273 e. The van der Waals surface area contributed by atoms with Gasteiger partial charge in [0, 0.05) is 12.4 Å². The molecule has 0 unspecified atom stereocenters. The van der Waals surface area contributed by atoms with Gasteiger partial charge in [0.2, 0.25) is 0 Å². The van der Waals surface area contributed by atoms with Crippen molar-refractivity contribution in [1.29, 1.82) is 0 Å². The predicted octanol–water partition coefficient (Wildman–Crippen LogP) is 2.86. The highest BCUT2D eigenvalue weighted by Gasteiger charge is 1.98. The molecule has 0 N–H and O–H groups in total. The van der Waals surface area contributed by atoms with E-state index in [0.717, 1.165) is 0 Å². The lowest BCUT2D eigenvalue weighted by Gasteiger charge is -2.03. The summed E-state index contributed by atoms with van der Waals surface area (Å²) in [6.07, 6.45) is 3.61. The molecule has 0 amide bonds. The second-order valence-electron chi connectivity index (χ2n) is 2.94. The van der Waals surface area contributed by atoms with Gasteiger partial charge in [-0.3, -0.25) is 4.98 Å². The second-order valence-corrected chi connectivity index (χ2v) is 2.94. The Morgan fingerprint density at radius 1 is 1.15 bits per heavy atom. The van der Waals surface area contributed by atoms with Crippen LogP contribution in [0, 0.1) is 13.0 Å². The molecule has 1 aromatic carbocycles. The number of nitrogens with zero attached hydrogens (tertiary/aromatic N) is 1. The minimum atomic E-state index is 1.17. The van der Waals surface area contributed by atoms with Crippen molar-refractivity contribution in [3.05, 3.63) is 54.4 Å². The third kappa shape index (κ3) is 1.59. The van der Waals surface area contributed by atoms with Gasteiger partial charge in [0.1, 0.15) is 0 Å². The molecule has 0 saturated carbocycles. The molecule has 0 spiro atoms. The van der Waals surface area contributed by atoms with Crippen LogP contribution < -0.4 is 0 Å². The number of hydrogen-bond acceptors (Lipinski definition) is 1. The molecule has 0 saturated heterocycles. The van der Waals surface area contributed by atoms with Crippen molar-refractivity contribution in [3.8, 4) is 11.1 Å². The first kappa shape index (κ1) is 7.99. The lowest BCUT2D eigenvalue weighted by molar-refractivity contribution is 1.32. The van der Waals surface area contributed by atoms with Crippen LogP contribution in [-0.2, 0) is 0 Å². The average molecular weight is 168 g/mol. The van der Waals surface area contributed by atoms with Gasteiger partial charge < -0.3 is 0 Å². The van der Waals surface area contributed by atoms with Gasteiger partial charge in [0.15, 0.2) is 0 Å². The zero-order valence-corrected chi connectivity index (χ0v) is 7.49. The van der Waals surface area contributed by atoms with E-state index in [0.29, 0.717) is 0 Å². The number of benzene rings is 1. The largest absolute Gasteiger partial charge is 0.265 e. The molecule has 2 aromatic rings. The molecule has 1 radical (unpaired) electrons. The second kappa shape index (κ2) is 3.40. The van der Waals surface area contributed by atoms with E-state index < -0.39 is 0 Å². The quantitative estimate of drug-likeness (QED) is 0.638. The normalized spacial score (nSPS) is 9.92. The smallest absolute Gasteiger partial charge is 0.0273 e. The minimum absolute atomic E-state index is 1.17. The van der Waals surface area contributed by atoms with E-state index in [9.17, 15) is 0 Å². The number of rotatable bonds is 1. The highest BCUT2D eigenvalue weighted by molar-refractivity contribution is 5.65. The van der Waals surface area contributed by atoms with Crippen LogP contribution in [0.15, 0.2) is 42.7 Å². The summed E-state index contributed by atoms with van der Waals surface area (Å²) >= 11 is 0. The molecule has 0 bridgehead atoms. The number of aromatic nitrogens is 1. The van der Waals surface area contributed by atoms with Gasteiger partial charge in [-0.15, -0.1) is 0 Å². The predicted molar refractivity (Wildman–Crippen MR) is 53.2 cm³/mol. The van der Waals surface area contributed by atoms with Crippen LogP contribution in [0.4, 0.5) is 0 Å². The van der Waals surface area contributed by atoms with E-state index in [2.05, 4.69) is 24.0 Å². The van der Waals surface area contributed by atoms with E-state index in [1.807, 2.05) is 36.7 Å². The Hall–Kier alpha value is -1.63. The Morgan fingerprint density at radius 2 is 1.92 bits per heavy atom. The lowest BCUT2D eigenvalue weighted by Crippen LogP contribution is -1.82. The van der Waals surface area contributed by atoms with Crippen molar-refractivity contribution in [2.45, 2.75) is 6.92 Å². The first-order valence-electron chi connectivity index (χ1n) is 4.25. The van der Waals surface area contributed by atoms with Crippen LogP contribution in [0.5, 0.6) is 0 Å². The fraction of sp³-hybridized carbons (Fsp3) is 0.0833. The zero-order valence-electron chi connectivity index (χ0n) is 7.49. The van der Waals surface area contributed by atoms with Crippen LogP contribution >= 0.6 is 0 Å². The Morgan fingerprint density at radius 3 is 2.62 bits per heavy atom. The summed E-state index contributed by atoms with van der Waals surface area (Å²) in [6.45, 7) is 2.07. The summed E-state index contributed by atoms with van der Waals surface area (Å²) in [5.41, 5.74) is 3.60. The summed E-state index contributed by atoms with van der Waals surface area (Å²) < 4.78 is 0. The lowest BCUT2D eigenvalue weighted by atomic mass is 10.0. The van der Waals surface area contributed by atoms with Crippen LogP contribution in [-0.4, -0.2) is 4.98 Å². The molecule has 2 rings (SSSR count). The van der Waals surface area contributed by atoms with Crippen molar-refractivity contribution in [2.75, 3.05) is 0 Å². The molecular formula is C12H10N. The highest BCUT2D eigenvalue weighted by Crippen LogP contribution is 2.21. The Balaban J connectivity index is 2.54. The Labute approximate surface area is 78.1 Å².